The number of hydrogen-bond acceptors (Lipinski definition) is 3. The Labute approximate surface area is 282 Å². The average molecular weight is 628 g/mol. The van der Waals surface area contributed by atoms with Crippen molar-refractivity contribution in [3.8, 4) is 0 Å². The molecule has 0 spiro atoms. The zero-order valence-electron chi connectivity index (χ0n) is 30.6. The topological polar surface area (TPSA) is 21.7 Å². The molecule has 1 unspecified atom stereocenters. The first kappa shape index (κ1) is 40.3. The molecule has 0 aromatic rings. The average Bonchev–Trinajstić information content (AvgIpc) is 3.54. The van der Waals surface area contributed by atoms with Gasteiger partial charge in [0.25, 0.3) is 0 Å². The second-order valence-corrected chi connectivity index (χ2v) is 14.5. The summed E-state index contributed by atoms with van der Waals surface area (Å²) >= 11 is 0. The summed E-state index contributed by atoms with van der Waals surface area (Å²) in [4.78, 5) is 2.36. The van der Waals surface area contributed by atoms with Gasteiger partial charge in [-0.2, -0.15) is 0 Å². The molecule has 45 heavy (non-hydrogen) atoms. The van der Waals surface area contributed by atoms with Gasteiger partial charge in [-0.15, -0.1) is 0 Å². The van der Waals surface area contributed by atoms with Gasteiger partial charge >= 0.3 is 0 Å². The van der Waals surface area contributed by atoms with E-state index in [0.29, 0.717) is 0 Å². The van der Waals surface area contributed by atoms with Gasteiger partial charge in [0.1, 0.15) is 12.2 Å². The molecule has 3 nitrogen and oxygen atoms in total. The Morgan fingerprint density at radius 1 is 0.467 bits per heavy atom. The van der Waals surface area contributed by atoms with Crippen LogP contribution in [0.1, 0.15) is 194 Å². The fraction of sp³-hybridized carbons (Fsp3) is 0.857. The maximum atomic E-state index is 6.71. The third kappa shape index (κ3) is 20.8. The van der Waals surface area contributed by atoms with Gasteiger partial charge in [0, 0.05) is 25.9 Å². The van der Waals surface area contributed by atoms with Crippen molar-refractivity contribution in [2.75, 3.05) is 20.1 Å². The summed E-state index contributed by atoms with van der Waals surface area (Å²) in [6, 6.07) is 0. The van der Waals surface area contributed by atoms with Crippen LogP contribution in [-0.2, 0) is 9.47 Å². The van der Waals surface area contributed by atoms with Crippen molar-refractivity contribution in [2.45, 2.75) is 212 Å². The van der Waals surface area contributed by atoms with Crippen molar-refractivity contribution in [1.29, 1.82) is 0 Å². The van der Waals surface area contributed by atoms with Gasteiger partial charge in [0.2, 0.25) is 0 Å². The van der Waals surface area contributed by atoms with Gasteiger partial charge in [0.05, 0.1) is 0 Å². The summed E-state index contributed by atoms with van der Waals surface area (Å²) in [6.45, 7) is 6.63. The van der Waals surface area contributed by atoms with Crippen molar-refractivity contribution in [2.24, 2.45) is 0 Å². The quantitative estimate of drug-likeness (QED) is 0.0564. The molecule has 2 aliphatic rings. The van der Waals surface area contributed by atoms with Crippen molar-refractivity contribution >= 4 is 0 Å². The summed E-state index contributed by atoms with van der Waals surface area (Å²) in [7, 11) is 2.19. The molecule has 262 valence electrons. The van der Waals surface area contributed by atoms with Gasteiger partial charge in [0.15, 0.2) is 5.79 Å². The summed E-state index contributed by atoms with van der Waals surface area (Å²) < 4.78 is 13.4. The Morgan fingerprint density at radius 3 is 1.24 bits per heavy atom. The molecule has 2 heterocycles. The molecule has 3 heteroatoms. The normalized spacial score (nSPS) is 22.2. The summed E-state index contributed by atoms with van der Waals surface area (Å²) in [5.41, 5.74) is 0. The molecular weight excluding hydrogens is 550 g/mol. The number of allylic oxidation sites excluding steroid dienone is 6. The smallest absolute Gasteiger partial charge is 0.169 e. The van der Waals surface area contributed by atoms with E-state index in [9.17, 15) is 0 Å². The number of likely N-dealkylation sites (N-methyl/N-ethyl adjacent to an activating group) is 1. The SMILES string of the molecule is CCCCC/C=C\C/C=C\CCCCCCCCC1(CCCCCCCC/C=C\CCCCCCCC)O[C@H]2CN(C)C[C@H]2O1. The third-order valence-corrected chi connectivity index (χ3v) is 9.96. The lowest BCUT2D eigenvalue weighted by atomic mass is 9.98. The second-order valence-electron chi connectivity index (χ2n) is 14.5. The minimum Gasteiger partial charge on any atom is -0.343 e. The molecule has 0 aromatic heterocycles. The van der Waals surface area contributed by atoms with Crippen LogP contribution in [0.15, 0.2) is 36.5 Å². The molecule has 0 bridgehead atoms. The first-order valence-electron chi connectivity index (χ1n) is 20.2. The molecule has 0 radical (unpaired) electrons. The molecule has 2 rings (SSSR count). The zero-order chi connectivity index (χ0) is 32.1. The maximum absolute atomic E-state index is 6.71. The summed E-state index contributed by atoms with van der Waals surface area (Å²) in [5, 5.41) is 0. The number of fused-ring (bicyclic) bond motifs is 1. The number of nitrogens with zero attached hydrogens (tertiary/aromatic N) is 1. The van der Waals surface area contributed by atoms with E-state index in [1.807, 2.05) is 0 Å². The lowest BCUT2D eigenvalue weighted by molar-refractivity contribution is -0.193. The van der Waals surface area contributed by atoms with Crippen LogP contribution in [-0.4, -0.2) is 43.0 Å². The molecule has 2 fully saturated rings. The predicted octanol–water partition coefficient (Wildman–Crippen LogP) is 13.0. The van der Waals surface area contributed by atoms with Crippen LogP contribution in [0.25, 0.3) is 0 Å². The van der Waals surface area contributed by atoms with Gasteiger partial charge < -0.3 is 14.4 Å². The molecule has 0 amide bonds. The standard InChI is InChI=1S/C42H77NO2/c1-4-6-8-10-12-14-16-18-20-22-24-26-28-30-32-34-36-42(44-40-38-43(3)39-41(40)45-42)37-35-33-31-29-27-25-23-21-19-17-15-13-11-9-7-5-2/h12,14,18-21,40-41H,4-11,13,15-17,22-39H2,1-3H3/b14-12-,20-18-,21-19-/t40-,41+,42?. The molecule has 0 aliphatic carbocycles. The summed E-state index contributed by atoms with van der Waals surface area (Å²) in [6.07, 6.45) is 51.6. The minimum atomic E-state index is -0.299. The Kier molecular flexibility index (Phi) is 25.2. The number of likely N-dealkylation sites (tertiary alicyclic amines) is 1. The van der Waals surface area contributed by atoms with Gasteiger partial charge in [-0.3, -0.25) is 0 Å². The van der Waals surface area contributed by atoms with E-state index in [0.717, 1.165) is 32.4 Å². The van der Waals surface area contributed by atoms with Crippen LogP contribution in [0.5, 0.6) is 0 Å². The first-order chi connectivity index (χ1) is 22.2. The van der Waals surface area contributed by atoms with Crippen molar-refractivity contribution in [1.82, 2.24) is 4.90 Å². The number of hydrogen-bond donors (Lipinski definition) is 0. The number of rotatable bonds is 31. The zero-order valence-corrected chi connectivity index (χ0v) is 30.6. The highest BCUT2D eigenvalue weighted by Crippen LogP contribution is 2.40. The molecule has 0 aromatic carbocycles. The van der Waals surface area contributed by atoms with Gasteiger partial charge in [-0.25, -0.2) is 0 Å². The van der Waals surface area contributed by atoms with Crippen molar-refractivity contribution < 1.29 is 9.47 Å². The van der Waals surface area contributed by atoms with Crippen LogP contribution in [0, 0.1) is 0 Å². The summed E-state index contributed by atoms with van der Waals surface area (Å²) in [5.74, 6) is -0.299. The van der Waals surface area contributed by atoms with Crippen LogP contribution in [0.3, 0.4) is 0 Å². The van der Waals surface area contributed by atoms with E-state index in [-0.39, 0.29) is 18.0 Å². The lowest BCUT2D eigenvalue weighted by Crippen LogP contribution is -2.34. The van der Waals surface area contributed by atoms with E-state index in [4.69, 9.17) is 9.47 Å². The highest BCUT2D eigenvalue weighted by molar-refractivity contribution is 4.94. The Morgan fingerprint density at radius 2 is 0.800 bits per heavy atom. The molecule has 2 aliphatic heterocycles. The Balaban J connectivity index is 1.48. The predicted molar refractivity (Wildman–Crippen MR) is 198 cm³/mol. The van der Waals surface area contributed by atoms with Crippen LogP contribution < -0.4 is 0 Å². The monoisotopic (exact) mass is 628 g/mol. The third-order valence-electron chi connectivity index (χ3n) is 9.96. The first-order valence-corrected chi connectivity index (χ1v) is 20.2. The van der Waals surface area contributed by atoms with E-state index in [1.165, 1.54) is 161 Å². The largest absolute Gasteiger partial charge is 0.343 e. The molecular formula is C42H77NO2. The van der Waals surface area contributed by atoms with Crippen molar-refractivity contribution in [3.05, 3.63) is 36.5 Å². The molecule has 3 atom stereocenters. The highest BCUT2D eigenvalue weighted by Gasteiger charge is 2.49. The Bertz CT molecular complexity index is 729. The lowest BCUT2D eigenvalue weighted by Gasteiger charge is -2.30. The maximum Gasteiger partial charge on any atom is 0.169 e. The van der Waals surface area contributed by atoms with E-state index in [1.54, 1.807) is 0 Å². The highest BCUT2D eigenvalue weighted by atomic mass is 16.8. The fourth-order valence-electron chi connectivity index (χ4n) is 7.11. The van der Waals surface area contributed by atoms with Crippen molar-refractivity contribution in [3.63, 3.8) is 0 Å². The van der Waals surface area contributed by atoms with Gasteiger partial charge in [-0.1, -0.05) is 147 Å². The van der Waals surface area contributed by atoms with Crippen LogP contribution >= 0.6 is 0 Å². The van der Waals surface area contributed by atoms with Crippen LogP contribution in [0.2, 0.25) is 0 Å². The van der Waals surface area contributed by atoms with E-state index < -0.39 is 0 Å². The van der Waals surface area contributed by atoms with Gasteiger partial charge in [-0.05, 0) is 77.7 Å². The van der Waals surface area contributed by atoms with E-state index in [2.05, 4.69) is 62.3 Å². The van der Waals surface area contributed by atoms with Crippen LogP contribution in [0.4, 0.5) is 0 Å². The fourth-order valence-corrected chi connectivity index (χ4v) is 7.11. The molecule has 0 N–H and O–H groups in total. The van der Waals surface area contributed by atoms with E-state index >= 15 is 0 Å². The number of ether oxygens (including phenoxy) is 2. The Hall–Kier alpha value is -0.900. The second kappa shape index (κ2) is 28.1. The molecule has 0 saturated carbocycles. The number of unbranched alkanes of at least 4 members (excludes halogenated alkanes) is 21. The minimum absolute atomic E-state index is 0.286. The molecule has 2 saturated heterocycles.